The monoisotopic (exact) mass is 249 g/mol. The van der Waals surface area contributed by atoms with E-state index in [1.807, 2.05) is 33.8 Å². The number of rotatable bonds is 2. The summed E-state index contributed by atoms with van der Waals surface area (Å²) in [5.74, 6) is 0.662. The largest absolute Gasteiger partial charge is 0.496 e. The van der Waals surface area contributed by atoms with Gasteiger partial charge in [0.05, 0.1) is 16.9 Å². The molecular weight excluding hydrogens is 229 g/mol. The van der Waals surface area contributed by atoms with Crippen molar-refractivity contribution in [2.75, 3.05) is 18.1 Å². The zero-order valence-corrected chi connectivity index (χ0v) is 11.6. The molecule has 3 N–H and O–H groups in total. The van der Waals surface area contributed by atoms with Crippen molar-refractivity contribution in [2.45, 2.75) is 38.9 Å². The van der Waals surface area contributed by atoms with Crippen LogP contribution in [0, 0.1) is 0 Å². The van der Waals surface area contributed by atoms with Crippen LogP contribution in [0.25, 0.3) is 0 Å². The van der Waals surface area contributed by atoms with Crippen molar-refractivity contribution in [2.24, 2.45) is 0 Å². The minimum absolute atomic E-state index is 0.353. The normalized spacial score (nSPS) is 21.1. The molecule has 18 heavy (non-hydrogen) atoms. The van der Waals surface area contributed by atoms with E-state index in [4.69, 9.17) is 15.0 Å². The molecule has 1 aliphatic heterocycles. The molecule has 1 aromatic rings. The fourth-order valence-electron chi connectivity index (χ4n) is 1.82. The second kappa shape index (κ2) is 4.14. The van der Waals surface area contributed by atoms with Crippen molar-refractivity contribution in [1.29, 1.82) is 0 Å². The van der Waals surface area contributed by atoms with Crippen LogP contribution in [0.5, 0.6) is 0 Å². The minimum Gasteiger partial charge on any atom is -0.399 e. The van der Waals surface area contributed by atoms with Gasteiger partial charge in [0, 0.05) is 18.7 Å². The molecule has 0 aromatic carbocycles. The van der Waals surface area contributed by atoms with E-state index in [0.717, 1.165) is 5.46 Å². The SMILES string of the molecule is CNc1ncc(B2OC(C)(C)C(C)(C)O2)cc1N. The van der Waals surface area contributed by atoms with Gasteiger partial charge in [-0.3, -0.25) is 0 Å². The minimum atomic E-state index is -0.421. The van der Waals surface area contributed by atoms with E-state index in [2.05, 4.69) is 10.3 Å². The van der Waals surface area contributed by atoms with Crippen LogP contribution in [0.1, 0.15) is 27.7 Å². The van der Waals surface area contributed by atoms with Gasteiger partial charge in [0.15, 0.2) is 0 Å². The Morgan fingerprint density at radius 2 is 1.78 bits per heavy atom. The maximum absolute atomic E-state index is 5.94. The summed E-state index contributed by atoms with van der Waals surface area (Å²) in [5, 5.41) is 2.93. The van der Waals surface area contributed by atoms with Crippen molar-refractivity contribution in [3.05, 3.63) is 12.3 Å². The van der Waals surface area contributed by atoms with Gasteiger partial charge in [-0.2, -0.15) is 0 Å². The standard InChI is InChI=1S/C12H20BN3O2/c1-11(2)12(3,4)18-13(17-11)8-6-9(14)10(15-5)16-7-8/h6-7H,14H2,1-5H3,(H,15,16). The van der Waals surface area contributed by atoms with Crippen LogP contribution in [0.4, 0.5) is 11.5 Å². The molecule has 0 bridgehead atoms. The number of hydrogen-bond acceptors (Lipinski definition) is 5. The fourth-order valence-corrected chi connectivity index (χ4v) is 1.82. The number of nitrogen functional groups attached to an aromatic ring is 1. The number of nitrogens with two attached hydrogens (primary N) is 1. The molecule has 0 atom stereocenters. The molecule has 1 saturated heterocycles. The number of nitrogens with one attached hydrogen (secondary N) is 1. The van der Waals surface area contributed by atoms with Gasteiger partial charge in [0.2, 0.25) is 0 Å². The van der Waals surface area contributed by atoms with Gasteiger partial charge >= 0.3 is 7.12 Å². The van der Waals surface area contributed by atoms with Crippen molar-refractivity contribution in [1.82, 2.24) is 4.98 Å². The number of anilines is 2. The molecule has 0 radical (unpaired) electrons. The summed E-state index contributed by atoms with van der Waals surface area (Å²) in [6, 6.07) is 1.83. The molecule has 0 saturated carbocycles. The average molecular weight is 249 g/mol. The van der Waals surface area contributed by atoms with Gasteiger partial charge in [-0.05, 0) is 33.8 Å². The highest BCUT2D eigenvalue weighted by Gasteiger charge is 2.51. The molecule has 6 heteroatoms. The molecule has 2 rings (SSSR count). The summed E-state index contributed by atoms with van der Waals surface area (Å²) in [6.45, 7) is 8.08. The van der Waals surface area contributed by atoms with E-state index in [9.17, 15) is 0 Å². The lowest BCUT2D eigenvalue weighted by Crippen LogP contribution is -2.41. The topological polar surface area (TPSA) is 69.4 Å². The van der Waals surface area contributed by atoms with Gasteiger partial charge in [-0.15, -0.1) is 0 Å². The number of aromatic nitrogens is 1. The zero-order chi connectivity index (χ0) is 13.6. The number of hydrogen-bond donors (Lipinski definition) is 2. The Kier molecular flexibility index (Phi) is 3.03. The summed E-state index contributed by atoms with van der Waals surface area (Å²) in [6.07, 6.45) is 1.73. The molecular formula is C12H20BN3O2. The van der Waals surface area contributed by atoms with E-state index in [1.165, 1.54) is 0 Å². The first kappa shape index (κ1) is 13.2. The smallest absolute Gasteiger partial charge is 0.399 e. The highest BCUT2D eigenvalue weighted by molar-refractivity contribution is 6.62. The first-order valence-electron chi connectivity index (χ1n) is 6.05. The molecule has 0 unspecified atom stereocenters. The van der Waals surface area contributed by atoms with Gasteiger partial charge in [-0.25, -0.2) is 4.98 Å². The van der Waals surface area contributed by atoms with Crippen LogP contribution in [0.2, 0.25) is 0 Å². The van der Waals surface area contributed by atoms with E-state index in [0.29, 0.717) is 11.5 Å². The maximum atomic E-state index is 5.94. The van der Waals surface area contributed by atoms with E-state index in [1.54, 1.807) is 13.2 Å². The third-order valence-corrected chi connectivity index (χ3v) is 3.70. The Hall–Kier alpha value is -1.27. The summed E-state index contributed by atoms with van der Waals surface area (Å²) >= 11 is 0. The quantitative estimate of drug-likeness (QED) is 0.765. The Morgan fingerprint density at radius 3 is 2.22 bits per heavy atom. The Labute approximate surface area is 108 Å². The van der Waals surface area contributed by atoms with E-state index < -0.39 is 7.12 Å². The Morgan fingerprint density at radius 1 is 1.22 bits per heavy atom. The molecule has 98 valence electrons. The predicted octanol–water partition coefficient (Wildman–Crippen LogP) is 1.00. The molecule has 1 fully saturated rings. The van der Waals surface area contributed by atoms with Crippen LogP contribution in [-0.4, -0.2) is 30.4 Å². The summed E-state index contributed by atoms with van der Waals surface area (Å²) < 4.78 is 11.9. The lowest BCUT2D eigenvalue weighted by atomic mass is 9.80. The Balaban J connectivity index is 2.27. The highest BCUT2D eigenvalue weighted by atomic mass is 16.7. The lowest BCUT2D eigenvalue weighted by molar-refractivity contribution is 0.00578. The van der Waals surface area contributed by atoms with Gasteiger partial charge in [0.25, 0.3) is 0 Å². The second-order valence-electron chi connectivity index (χ2n) is 5.54. The zero-order valence-electron chi connectivity index (χ0n) is 11.6. The molecule has 0 amide bonds. The van der Waals surface area contributed by atoms with Crippen molar-refractivity contribution >= 4 is 24.1 Å². The summed E-state index contributed by atoms with van der Waals surface area (Å²) in [7, 11) is 1.36. The van der Waals surface area contributed by atoms with Crippen LogP contribution in [0.15, 0.2) is 12.3 Å². The van der Waals surface area contributed by atoms with Crippen LogP contribution in [0.3, 0.4) is 0 Å². The van der Waals surface area contributed by atoms with Crippen molar-refractivity contribution < 1.29 is 9.31 Å². The fraction of sp³-hybridized carbons (Fsp3) is 0.583. The van der Waals surface area contributed by atoms with Crippen LogP contribution >= 0.6 is 0 Å². The van der Waals surface area contributed by atoms with Gasteiger partial charge < -0.3 is 20.4 Å². The predicted molar refractivity (Wildman–Crippen MR) is 73.9 cm³/mol. The van der Waals surface area contributed by atoms with Gasteiger partial charge in [-0.1, -0.05) is 0 Å². The van der Waals surface area contributed by atoms with E-state index >= 15 is 0 Å². The first-order valence-corrected chi connectivity index (χ1v) is 6.05. The molecule has 1 aromatic heterocycles. The average Bonchev–Trinajstić information content (AvgIpc) is 2.48. The summed E-state index contributed by atoms with van der Waals surface area (Å²) in [5.41, 5.74) is 6.62. The third kappa shape index (κ3) is 2.06. The molecule has 0 spiro atoms. The Bertz CT molecular complexity index is 447. The van der Waals surface area contributed by atoms with Gasteiger partial charge in [0.1, 0.15) is 5.82 Å². The van der Waals surface area contributed by atoms with Crippen molar-refractivity contribution in [3.63, 3.8) is 0 Å². The van der Waals surface area contributed by atoms with Crippen molar-refractivity contribution in [3.8, 4) is 0 Å². The molecule has 2 heterocycles. The van der Waals surface area contributed by atoms with Crippen LogP contribution in [-0.2, 0) is 9.31 Å². The number of nitrogens with zero attached hydrogens (tertiary/aromatic N) is 1. The molecule has 0 aliphatic carbocycles. The first-order chi connectivity index (χ1) is 8.27. The maximum Gasteiger partial charge on any atom is 0.496 e. The third-order valence-electron chi connectivity index (χ3n) is 3.70. The van der Waals surface area contributed by atoms with Crippen LogP contribution < -0.4 is 16.5 Å². The van der Waals surface area contributed by atoms with E-state index in [-0.39, 0.29) is 11.2 Å². The second-order valence-corrected chi connectivity index (χ2v) is 5.54. The summed E-state index contributed by atoms with van der Waals surface area (Å²) in [4.78, 5) is 4.24. The lowest BCUT2D eigenvalue weighted by Gasteiger charge is -2.32. The molecule has 1 aliphatic rings. The molecule has 5 nitrogen and oxygen atoms in total. The number of pyridine rings is 1. The highest BCUT2D eigenvalue weighted by Crippen LogP contribution is 2.36.